The molecule has 1 saturated heterocycles. The van der Waals surface area contributed by atoms with Crippen LogP contribution in [0.15, 0.2) is 53.1 Å². The molecular formula is C24H28FN5O2. The molecule has 1 aliphatic heterocycles. The lowest BCUT2D eigenvalue weighted by Gasteiger charge is -2.34. The van der Waals surface area contributed by atoms with Gasteiger partial charge in [0.25, 0.3) is 0 Å². The summed E-state index contributed by atoms with van der Waals surface area (Å²) in [5.74, 6) is 0.894. The largest absolute Gasteiger partial charge is 0.340 e. The molecule has 0 N–H and O–H groups in total. The standard InChI is InChI=1S/C24H28FN5O2/c1-18-7-9-19(10-8-18)24-26-22(32-27-24)16-29-11-13-30(14-12-29)17-23(31)28(2)15-20-5-3-4-6-21(20)25/h3-10H,11-17H2,1-2H3. The van der Waals surface area contributed by atoms with E-state index in [1.54, 1.807) is 30.1 Å². The molecule has 0 aliphatic carbocycles. The minimum absolute atomic E-state index is 0.0126. The second kappa shape index (κ2) is 10.0. The van der Waals surface area contributed by atoms with Crippen molar-refractivity contribution in [2.75, 3.05) is 39.8 Å². The highest BCUT2D eigenvalue weighted by molar-refractivity contribution is 5.78. The minimum atomic E-state index is -0.285. The van der Waals surface area contributed by atoms with Crippen LogP contribution in [0.5, 0.6) is 0 Å². The van der Waals surface area contributed by atoms with Gasteiger partial charge >= 0.3 is 0 Å². The number of likely N-dealkylation sites (N-methyl/N-ethyl adjacent to an activating group) is 1. The number of aromatic nitrogens is 2. The zero-order valence-electron chi connectivity index (χ0n) is 18.5. The molecule has 3 aromatic rings. The fraction of sp³-hybridized carbons (Fsp3) is 0.375. The predicted octanol–water partition coefficient (Wildman–Crippen LogP) is 2.96. The summed E-state index contributed by atoms with van der Waals surface area (Å²) in [5.41, 5.74) is 2.65. The molecule has 7 nitrogen and oxygen atoms in total. The van der Waals surface area contributed by atoms with Gasteiger partial charge in [-0.1, -0.05) is 53.2 Å². The molecular weight excluding hydrogens is 409 g/mol. The fourth-order valence-corrected chi connectivity index (χ4v) is 3.72. The Bertz CT molecular complexity index is 1040. The first-order chi connectivity index (χ1) is 15.5. The van der Waals surface area contributed by atoms with E-state index in [0.717, 1.165) is 31.7 Å². The summed E-state index contributed by atoms with van der Waals surface area (Å²) < 4.78 is 19.3. The Balaban J connectivity index is 1.23. The highest BCUT2D eigenvalue weighted by Gasteiger charge is 2.22. The molecule has 168 valence electrons. The van der Waals surface area contributed by atoms with Crippen LogP contribution in [-0.2, 0) is 17.9 Å². The number of carbonyl (C=O) groups excluding carboxylic acids is 1. The zero-order chi connectivity index (χ0) is 22.5. The summed E-state index contributed by atoms with van der Waals surface area (Å²) in [7, 11) is 1.71. The van der Waals surface area contributed by atoms with E-state index >= 15 is 0 Å². The van der Waals surface area contributed by atoms with Crippen LogP contribution in [0.4, 0.5) is 4.39 Å². The van der Waals surface area contributed by atoms with Crippen molar-refractivity contribution in [2.45, 2.75) is 20.0 Å². The van der Waals surface area contributed by atoms with Gasteiger partial charge in [0.05, 0.1) is 13.1 Å². The molecule has 1 aliphatic rings. The van der Waals surface area contributed by atoms with Crippen LogP contribution < -0.4 is 0 Å². The third kappa shape index (κ3) is 5.57. The third-order valence-electron chi connectivity index (χ3n) is 5.75. The van der Waals surface area contributed by atoms with E-state index in [9.17, 15) is 9.18 Å². The van der Waals surface area contributed by atoms with E-state index < -0.39 is 0 Å². The third-order valence-corrected chi connectivity index (χ3v) is 5.75. The zero-order valence-corrected chi connectivity index (χ0v) is 18.5. The van der Waals surface area contributed by atoms with Crippen LogP contribution in [0, 0.1) is 12.7 Å². The molecule has 1 fully saturated rings. The number of halogens is 1. The van der Waals surface area contributed by atoms with Gasteiger partial charge < -0.3 is 9.42 Å². The summed E-state index contributed by atoms with van der Waals surface area (Å²) in [6.45, 7) is 6.41. The van der Waals surface area contributed by atoms with E-state index in [1.807, 2.05) is 31.2 Å². The number of piperazine rings is 1. The van der Waals surface area contributed by atoms with E-state index in [4.69, 9.17) is 4.52 Å². The second-order valence-corrected chi connectivity index (χ2v) is 8.27. The Morgan fingerprint density at radius 1 is 1.06 bits per heavy atom. The number of rotatable bonds is 7. The van der Waals surface area contributed by atoms with Crippen molar-refractivity contribution in [3.05, 3.63) is 71.4 Å². The number of benzene rings is 2. The van der Waals surface area contributed by atoms with Gasteiger partial charge in [0.2, 0.25) is 17.6 Å². The Hall–Kier alpha value is -3.10. The van der Waals surface area contributed by atoms with Crippen molar-refractivity contribution in [3.63, 3.8) is 0 Å². The van der Waals surface area contributed by atoms with Gasteiger partial charge in [0.1, 0.15) is 5.82 Å². The van der Waals surface area contributed by atoms with Gasteiger partial charge in [-0.3, -0.25) is 14.6 Å². The maximum Gasteiger partial charge on any atom is 0.241 e. The van der Waals surface area contributed by atoms with Crippen LogP contribution in [0.1, 0.15) is 17.0 Å². The SMILES string of the molecule is Cc1ccc(-c2noc(CN3CCN(CC(=O)N(C)Cc4ccccc4F)CC3)n2)cc1. The monoisotopic (exact) mass is 437 g/mol. The molecule has 0 radical (unpaired) electrons. The topological polar surface area (TPSA) is 65.7 Å². The molecule has 1 aromatic heterocycles. The van der Waals surface area contributed by atoms with Crippen molar-refractivity contribution in [1.29, 1.82) is 0 Å². The van der Waals surface area contributed by atoms with E-state index in [-0.39, 0.29) is 18.3 Å². The molecule has 2 aromatic carbocycles. The quantitative estimate of drug-likeness (QED) is 0.566. The lowest BCUT2D eigenvalue weighted by Crippen LogP contribution is -2.49. The number of hydrogen-bond donors (Lipinski definition) is 0. The van der Waals surface area contributed by atoms with Crippen LogP contribution in [-0.4, -0.2) is 70.5 Å². The predicted molar refractivity (Wildman–Crippen MR) is 119 cm³/mol. The average molecular weight is 438 g/mol. The molecule has 0 saturated carbocycles. The van der Waals surface area contributed by atoms with Crippen LogP contribution >= 0.6 is 0 Å². The highest BCUT2D eigenvalue weighted by Crippen LogP contribution is 2.17. The first-order valence-corrected chi connectivity index (χ1v) is 10.8. The average Bonchev–Trinajstić information content (AvgIpc) is 3.25. The van der Waals surface area contributed by atoms with Crippen LogP contribution in [0.2, 0.25) is 0 Å². The van der Waals surface area contributed by atoms with Gasteiger partial charge in [0.15, 0.2) is 0 Å². The summed E-state index contributed by atoms with van der Waals surface area (Å²) >= 11 is 0. The van der Waals surface area contributed by atoms with Gasteiger partial charge in [-0.25, -0.2) is 4.39 Å². The van der Waals surface area contributed by atoms with Crippen molar-refractivity contribution >= 4 is 5.91 Å². The normalized spacial score (nSPS) is 15.1. The maximum absolute atomic E-state index is 13.8. The van der Waals surface area contributed by atoms with Gasteiger partial charge in [-0.05, 0) is 13.0 Å². The minimum Gasteiger partial charge on any atom is -0.340 e. The summed E-state index contributed by atoms with van der Waals surface area (Å²) in [4.78, 5) is 23.0. The molecule has 32 heavy (non-hydrogen) atoms. The smallest absolute Gasteiger partial charge is 0.241 e. The Kier molecular flexibility index (Phi) is 6.92. The van der Waals surface area contributed by atoms with E-state index in [1.165, 1.54) is 11.6 Å². The molecule has 1 amide bonds. The van der Waals surface area contributed by atoms with Gasteiger partial charge in [-0.2, -0.15) is 4.98 Å². The van der Waals surface area contributed by atoms with Crippen molar-refractivity contribution < 1.29 is 13.7 Å². The highest BCUT2D eigenvalue weighted by atomic mass is 19.1. The number of amides is 1. The first-order valence-electron chi connectivity index (χ1n) is 10.8. The van der Waals surface area contributed by atoms with Crippen LogP contribution in [0.3, 0.4) is 0 Å². The lowest BCUT2D eigenvalue weighted by molar-refractivity contribution is -0.132. The summed E-state index contributed by atoms with van der Waals surface area (Å²) in [6.07, 6.45) is 0. The Labute approximate surface area is 187 Å². The molecule has 0 atom stereocenters. The number of aryl methyl sites for hydroxylation is 1. The summed E-state index contributed by atoms with van der Waals surface area (Å²) in [6, 6.07) is 14.6. The molecule has 0 spiro atoms. The van der Waals surface area contributed by atoms with E-state index in [2.05, 4.69) is 19.9 Å². The second-order valence-electron chi connectivity index (χ2n) is 8.27. The van der Waals surface area contributed by atoms with Crippen molar-refractivity contribution in [3.8, 4) is 11.4 Å². The first kappa shape index (κ1) is 22.1. The lowest BCUT2D eigenvalue weighted by atomic mass is 10.1. The number of carbonyl (C=O) groups is 1. The number of nitrogens with zero attached hydrogens (tertiary/aromatic N) is 5. The van der Waals surface area contributed by atoms with E-state index in [0.29, 0.717) is 30.4 Å². The molecule has 2 heterocycles. The molecule has 8 heteroatoms. The molecule has 4 rings (SSSR count). The number of hydrogen-bond acceptors (Lipinski definition) is 6. The van der Waals surface area contributed by atoms with Gasteiger partial charge in [-0.15, -0.1) is 0 Å². The summed E-state index contributed by atoms with van der Waals surface area (Å²) in [5, 5.41) is 4.10. The molecule has 0 bridgehead atoms. The molecule has 0 unspecified atom stereocenters. The van der Waals surface area contributed by atoms with Crippen LogP contribution in [0.25, 0.3) is 11.4 Å². The Morgan fingerprint density at radius 2 is 1.75 bits per heavy atom. The van der Waals surface area contributed by atoms with Crippen molar-refractivity contribution in [2.24, 2.45) is 0 Å². The van der Waals surface area contributed by atoms with Gasteiger partial charge in [0, 0.05) is 50.9 Å². The Morgan fingerprint density at radius 3 is 2.47 bits per heavy atom. The van der Waals surface area contributed by atoms with Crippen molar-refractivity contribution in [1.82, 2.24) is 24.8 Å². The maximum atomic E-state index is 13.8. The fourth-order valence-electron chi connectivity index (χ4n) is 3.72.